The Bertz CT molecular complexity index is 927. The standard InChI is InChI=1S/C21H27N3O3S/c1-16-13-17(2)21(18(3)14-16)28(26,27)24-11-9-23(10-12-24)15-20(25)22-19-7-5-4-6-8-19/h4-8,13-14H,9-12,15H2,1-3H3,(H,22,25). The number of nitrogens with zero attached hydrogens (tertiary/aromatic N) is 2. The first-order valence-electron chi connectivity index (χ1n) is 9.42. The molecule has 150 valence electrons. The number of rotatable bonds is 5. The van der Waals surface area contributed by atoms with E-state index in [9.17, 15) is 13.2 Å². The molecule has 1 aliphatic heterocycles. The van der Waals surface area contributed by atoms with Gasteiger partial charge in [0.25, 0.3) is 0 Å². The third-order valence-corrected chi connectivity index (χ3v) is 7.16. The topological polar surface area (TPSA) is 69.7 Å². The summed E-state index contributed by atoms with van der Waals surface area (Å²) < 4.78 is 27.8. The molecule has 0 unspecified atom stereocenters. The van der Waals surface area contributed by atoms with Gasteiger partial charge in [-0.3, -0.25) is 9.69 Å². The summed E-state index contributed by atoms with van der Waals surface area (Å²) >= 11 is 0. The van der Waals surface area contributed by atoms with Gasteiger partial charge in [-0.1, -0.05) is 35.9 Å². The van der Waals surface area contributed by atoms with E-state index < -0.39 is 10.0 Å². The average molecular weight is 402 g/mol. The van der Waals surface area contributed by atoms with Crippen molar-refractivity contribution in [1.82, 2.24) is 9.21 Å². The Morgan fingerprint density at radius 1 is 0.964 bits per heavy atom. The van der Waals surface area contributed by atoms with Crippen LogP contribution in [0.1, 0.15) is 16.7 Å². The van der Waals surface area contributed by atoms with Crippen LogP contribution in [-0.2, 0) is 14.8 Å². The van der Waals surface area contributed by atoms with E-state index in [1.807, 2.05) is 68.1 Å². The molecule has 0 spiro atoms. The molecule has 0 saturated carbocycles. The first-order chi connectivity index (χ1) is 13.3. The van der Waals surface area contributed by atoms with Crippen molar-refractivity contribution < 1.29 is 13.2 Å². The molecule has 1 saturated heterocycles. The Morgan fingerprint density at radius 2 is 1.54 bits per heavy atom. The monoisotopic (exact) mass is 401 g/mol. The smallest absolute Gasteiger partial charge is 0.243 e. The summed E-state index contributed by atoms with van der Waals surface area (Å²) in [5, 5.41) is 2.86. The number of anilines is 1. The second-order valence-corrected chi connectivity index (χ2v) is 9.20. The van der Waals surface area contributed by atoms with E-state index >= 15 is 0 Å². The fourth-order valence-corrected chi connectivity index (χ4v) is 5.59. The Balaban J connectivity index is 1.61. The van der Waals surface area contributed by atoms with Gasteiger partial charge in [0.1, 0.15) is 0 Å². The van der Waals surface area contributed by atoms with Crippen molar-refractivity contribution in [2.24, 2.45) is 0 Å². The van der Waals surface area contributed by atoms with E-state index in [1.165, 1.54) is 4.31 Å². The molecule has 28 heavy (non-hydrogen) atoms. The second kappa shape index (κ2) is 8.43. The van der Waals surface area contributed by atoms with Crippen LogP contribution in [0.5, 0.6) is 0 Å². The maximum Gasteiger partial charge on any atom is 0.243 e. The first kappa shape index (κ1) is 20.5. The summed E-state index contributed by atoms with van der Waals surface area (Å²) in [4.78, 5) is 14.6. The largest absolute Gasteiger partial charge is 0.325 e. The minimum absolute atomic E-state index is 0.0901. The van der Waals surface area contributed by atoms with E-state index in [0.29, 0.717) is 31.1 Å². The predicted octanol–water partition coefficient (Wildman–Crippen LogP) is 2.56. The first-order valence-corrected chi connectivity index (χ1v) is 10.9. The molecule has 2 aromatic carbocycles. The van der Waals surface area contributed by atoms with Gasteiger partial charge in [-0.2, -0.15) is 4.31 Å². The molecule has 3 rings (SSSR count). The van der Waals surface area contributed by atoms with Crippen LogP contribution in [-0.4, -0.2) is 56.3 Å². The third kappa shape index (κ3) is 4.60. The van der Waals surface area contributed by atoms with Crippen LogP contribution in [0.15, 0.2) is 47.4 Å². The van der Waals surface area contributed by atoms with Gasteiger partial charge < -0.3 is 5.32 Å². The Kier molecular flexibility index (Phi) is 6.17. The molecule has 0 aromatic heterocycles. The number of para-hydroxylation sites is 1. The fraction of sp³-hybridized carbons (Fsp3) is 0.381. The average Bonchev–Trinajstić information content (AvgIpc) is 2.61. The third-order valence-electron chi connectivity index (χ3n) is 4.96. The van der Waals surface area contributed by atoms with E-state index in [1.54, 1.807) is 0 Å². The highest BCUT2D eigenvalue weighted by atomic mass is 32.2. The number of nitrogens with one attached hydrogen (secondary N) is 1. The molecule has 1 N–H and O–H groups in total. The highest BCUT2D eigenvalue weighted by Gasteiger charge is 2.31. The number of sulfonamides is 1. The number of carbonyl (C=O) groups is 1. The normalized spacial score (nSPS) is 16.1. The summed E-state index contributed by atoms with van der Waals surface area (Å²) in [6, 6.07) is 13.1. The Labute approximate surface area is 167 Å². The Hall–Kier alpha value is -2.22. The van der Waals surface area contributed by atoms with Crippen molar-refractivity contribution in [1.29, 1.82) is 0 Å². The van der Waals surface area contributed by atoms with Crippen molar-refractivity contribution in [2.75, 3.05) is 38.0 Å². The molecule has 2 aromatic rings. The number of aryl methyl sites for hydroxylation is 3. The highest BCUT2D eigenvalue weighted by Crippen LogP contribution is 2.26. The Morgan fingerprint density at radius 3 is 2.11 bits per heavy atom. The predicted molar refractivity (Wildman–Crippen MR) is 111 cm³/mol. The molecule has 1 fully saturated rings. The quantitative estimate of drug-likeness (QED) is 0.836. The van der Waals surface area contributed by atoms with Crippen LogP contribution in [0.2, 0.25) is 0 Å². The summed E-state index contributed by atoms with van der Waals surface area (Å²) in [5.41, 5.74) is 3.38. The number of benzene rings is 2. The minimum atomic E-state index is -3.53. The molecule has 6 nitrogen and oxygen atoms in total. The number of amides is 1. The summed E-state index contributed by atoms with van der Waals surface area (Å²) in [5.74, 6) is -0.0901. The van der Waals surface area contributed by atoms with Gasteiger partial charge in [0, 0.05) is 31.9 Å². The maximum atomic E-state index is 13.1. The van der Waals surface area contributed by atoms with Crippen LogP contribution < -0.4 is 5.32 Å². The van der Waals surface area contributed by atoms with E-state index in [2.05, 4.69) is 5.32 Å². The van der Waals surface area contributed by atoms with Gasteiger partial charge >= 0.3 is 0 Å². The SMILES string of the molecule is Cc1cc(C)c(S(=O)(=O)N2CCN(CC(=O)Nc3ccccc3)CC2)c(C)c1. The van der Waals surface area contributed by atoms with Crippen LogP contribution in [0.25, 0.3) is 0 Å². The maximum absolute atomic E-state index is 13.1. The lowest BCUT2D eigenvalue weighted by molar-refractivity contribution is -0.117. The van der Waals surface area contributed by atoms with E-state index in [4.69, 9.17) is 0 Å². The van der Waals surface area contributed by atoms with Crippen molar-refractivity contribution in [3.05, 3.63) is 59.2 Å². The number of carbonyl (C=O) groups excluding carboxylic acids is 1. The molecular weight excluding hydrogens is 374 g/mol. The van der Waals surface area contributed by atoms with Gasteiger partial charge in [-0.25, -0.2) is 8.42 Å². The highest BCUT2D eigenvalue weighted by molar-refractivity contribution is 7.89. The molecule has 0 aliphatic carbocycles. The van der Waals surface area contributed by atoms with Crippen molar-refractivity contribution in [3.8, 4) is 0 Å². The van der Waals surface area contributed by atoms with Gasteiger partial charge in [-0.05, 0) is 44.0 Å². The minimum Gasteiger partial charge on any atom is -0.325 e. The molecule has 7 heteroatoms. The number of hydrogen-bond acceptors (Lipinski definition) is 4. The van der Waals surface area contributed by atoms with Crippen LogP contribution in [0, 0.1) is 20.8 Å². The van der Waals surface area contributed by atoms with Crippen LogP contribution in [0.4, 0.5) is 5.69 Å². The second-order valence-electron chi connectivity index (χ2n) is 7.32. The molecule has 0 radical (unpaired) electrons. The lowest BCUT2D eigenvalue weighted by Crippen LogP contribution is -2.50. The molecule has 1 heterocycles. The van der Waals surface area contributed by atoms with Crippen LogP contribution >= 0.6 is 0 Å². The van der Waals surface area contributed by atoms with Gasteiger partial charge in [-0.15, -0.1) is 0 Å². The molecule has 0 bridgehead atoms. The zero-order chi connectivity index (χ0) is 20.3. The molecule has 1 amide bonds. The van der Waals surface area contributed by atoms with Gasteiger partial charge in [0.15, 0.2) is 0 Å². The fourth-order valence-electron chi connectivity index (χ4n) is 3.76. The molecular formula is C21H27N3O3S. The lowest BCUT2D eigenvalue weighted by atomic mass is 10.1. The summed E-state index contributed by atoms with van der Waals surface area (Å²) in [6.07, 6.45) is 0. The molecule has 0 atom stereocenters. The number of piperazine rings is 1. The summed E-state index contributed by atoms with van der Waals surface area (Å²) in [7, 11) is -3.53. The number of hydrogen-bond donors (Lipinski definition) is 1. The lowest BCUT2D eigenvalue weighted by Gasteiger charge is -2.34. The summed E-state index contributed by atoms with van der Waals surface area (Å²) in [6.45, 7) is 7.74. The van der Waals surface area contributed by atoms with E-state index in [-0.39, 0.29) is 12.5 Å². The van der Waals surface area contributed by atoms with Gasteiger partial charge in [0.05, 0.1) is 11.4 Å². The van der Waals surface area contributed by atoms with Crippen LogP contribution in [0.3, 0.4) is 0 Å². The van der Waals surface area contributed by atoms with Crippen molar-refractivity contribution in [3.63, 3.8) is 0 Å². The zero-order valence-electron chi connectivity index (χ0n) is 16.6. The van der Waals surface area contributed by atoms with Gasteiger partial charge in [0.2, 0.25) is 15.9 Å². The van der Waals surface area contributed by atoms with Crippen molar-refractivity contribution in [2.45, 2.75) is 25.7 Å². The zero-order valence-corrected chi connectivity index (χ0v) is 17.4. The van der Waals surface area contributed by atoms with E-state index in [0.717, 1.165) is 22.4 Å². The van der Waals surface area contributed by atoms with Crippen molar-refractivity contribution >= 4 is 21.6 Å². The molecule has 1 aliphatic rings.